The summed E-state index contributed by atoms with van der Waals surface area (Å²) in [5.74, 6) is 0.0788. The normalized spacial score (nSPS) is 22.7. The summed E-state index contributed by atoms with van der Waals surface area (Å²) < 4.78 is 12.9. The summed E-state index contributed by atoms with van der Waals surface area (Å²) >= 11 is 1.70. The van der Waals surface area contributed by atoms with Crippen LogP contribution < -0.4 is 5.32 Å². The van der Waals surface area contributed by atoms with Crippen molar-refractivity contribution >= 4 is 27.3 Å². The number of aliphatic hydroxyl groups excluding tert-OH is 1. The van der Waals surface area contributed by atoms with Crippen LogP contribution in [-0.2, 0) is 14.3 Å². The van der Waals surface area contributed by atoms with Crippen LogP contribution in [0.2, 0.25) is 0 Å². The van der Waals surface area contributed by atoms with Crippen molar-refractivity contribution in [3.8, 4) is 0 Å². The second-order valence-corrected chi connectivity index (χ2v) is 7.21. The van der Waals surface area contributed by atoms with Crippen molar-refractivity contribution in [2.75, 3.05) is 20.3 Å². The molecule has 1 aliphatic rings. The molecule has 2 N–H and O–H groups in total. The van der Waals surface area contributed by atoms with E-state index in [9.17, 15) is 9.90 Å². The number of rotatable bonds is 7. The first-order valence-corrected chi connectivity index (χ1v) is 9.86. The van der Waals surface area contributed by atoms with E-state index >= 15 is 0 Å². The van der Waals surface area contributed by atoms with Gasteiger partial charge in [-0.15, -0.1) is 11.3 Å². The molecule has 3 rings (SSSR count). The number of fused-ring (bicyclic) bond motifs is 1. The Morgan fingerprint density at radius 3 is 2.92 bits per heavy atom. The molecule has 2 aromatic rings. The zero-order chi connectivity index (χ0) is 18.5. The average Bonchev–Trinajstić information content (AvgIpc) is 3.10. The highest BCUT2D eigenvalue weighted by molar-refractivity contribution is 7.17. The van der Waals surface area contributed by atoms with Crippen LogP contribution in [0.15, 0.2) is 41.5 Å². The zero-order valence-corrected chi connectivity index (χ0v) is 15.9. The van der Waals surface area contributed by atoms with Crippen molar-refractivity contribution in [3.63, 3.8) is 0 Å². The van der Waals surface area contributed by atoms with Gasteiger partial charge in [-0.3, -0.25) is 4.79 Å². The summed E-state index contributed by atoms with van der Waals surface area (Å²) in [6, 6.07) is 8.28. The number of amides is 1. The molecule has 2 heterocycles. The Labute approximate surface area is 157 Å². The third-order valence-corrected chi connectivity index (χ3v) is 5.71. The molecule has 26 heavy (non-hydrogen) atoms. The summed E-state index contributed by atoms with van der Waals surface area (Å²) in [6.45, 7) is 2.54. The van der Waals surface area contributed by atoms with E-state index < -0.39 is 6.29 Å². The molecule has 1 aliphatic heterocycles. The standard InChI is InChI=1S/C20H25NO4S/c1-3-24-20-14(8-6-10-22)15(11-17(25-20)19(23)21-2)16-12-26-18-9-5-4-7-13(16)18/h4-5,7,9,11-12,14-15,20,22H,3,6,8,10H2,1-2H3,(H,21,23)/t14-,15+,20-/m1/s1. The Bertz CT molecular complexity index is 785. The van der Waals surface area contributed by atoms with Crippen LogP contribution in [0.4, 0.5) is 0 Å². The predicted octanol–water partition coefficient (Wildman–Crippen LogP) is 3.40. The van der Waals surface area contributed by atoms with E-state index in [1.807, 2.05) is 25.1 Å². The Hall–Kier alpha value is -1.89. The number of nitrogens with one attached hydrogen (secondary N) is 1. The van der Waals surface area contributed by atoms with E-state index in [1.54, 1.807) is 18.4 Å². The molecule has 1 amide bonds. The molecule has 140 valence electrons. The quantitative estimate of drug-likeness (QED) is 0.778. The van der Waals surface area contributed by atoms with Crippen LogP contribution >= 0.6 is 11.3 Å². The molecule has 0 saturated heterocycles. The fraction of sp³-hybridized carbons (Fsp3) is 0.450. The number of likely N-dealkylation sites (N-methyl/N-ethyl adjacent to an activating group) is 1. The number of carbonyl (C=O) groups excluding carboxylic acids is 1. The lowest BCUT2D eigenvalue weighted by Crippen LogP contribution is -2.38. The molecule has 0 fully saturated rings. The number of hydrogen-bond acceptors (Lipinski definition) is 5. The molecule has 0 aliphatic carbocycles. The number of thiophene rings is 1. The lowest BCUT2D eigenvalue weighted by atomic mass is 9.80. The van der Waals surface area contributed by atoms with Crippen LogP contribution in [-0.4, -0.2) is 37.6 Å². The van der Waals surface area contributed by atoms with Gasteiger partial charge in [0.2, 0.25) is 6.29 Å². The number of benzene rings is 1. The van der Waals surface area contributed by atoms with Gasteiger partial charge in [0.05, 0.1) is 0 Å². The van der Waals surface area contributed by atoms with E-state index in [0.717, 1.165) is 6.42 Å². The van der Waals surface area contributed by atoms with Crippen molar-refractivity contribution in [3.05, 3.63) is 47.0 Å². The number of hydrogen-bond donors (Lipinski definition) is 2. The fourth-order valence-corrected chi connectivity index (χ4v) is 4.51. The minimum Gasteiger partial charge on any atom is -0.459 e. The number of allylic oxidation sites excluding steroid dienone is 1. The monoisotopic (exact) mass is 375 g/mol. The van der Waals surface area contributed by atoms with Gasteiger partial charge in [0.1, 0.15) is 0 Å². The molecule has 3 atom stereocenters. The van der Waals surface area contributed by atoms with Gasteiger partial charge in [-0.25, -0.2) is 0 Å². The second kappa shape index (κ2) is 8.66. The van der Waals surface area contributed by atoms with E-state index in [0.29, 0.717) is 18.8 Å². The van der Waals surface area contributed by atoms with Crippen molar-refractivity contribution < 1.29 is 19.4 Å². The highest BCUT2D eigenvalue weighted by Gasteiger charge is 2.38. The number of aliphatic hydroxyl groups is 1. The highest BCUT2D eigenvalue weighted by Crippen LogP contribution is 2.43. The summed E-state index contributed by atoms with van der Waals surface area (Å²) in [5, 5.41) is 15.3. The molecular weight excluding hydrogens is 350 g/mol. The van der Waals surface area contributed by atoms with Gasteiger partial charge >= 0.3 is 0 Å². The maximum absolute atomic E-state index is 12.2. The molecule has 0 radical (unpaired) electrons. The lowest BCUT2D eigenvalue weighted by Gasteiger charge is -2.36. The van der Waals surface area contributed by atoms with E-state index in [2.05, 4.69) is 22.8 Å². The molecule has 0 saturated carbocycles. The molecule has 0 unspecified atom stereocenters. The number of ether oxygens (including phenoxy) is 2. The van der Waals surface area contributed by atoms with Gasteiger partial charge in [0, 0.05) is 36.8 Å². The van der Waals surface area contributed by atoms with Crippen LogP contribution in [0.25, 0.3) is 10.1 Å². The summed E-state index contributed by atoms with van der Waals surface area (Å²) in [7, 11) is 1.59. The van der Waals surface area contributed by atoms with Gasteiger partial charge in [-0.05, 0) is 48.2 Å². The molecule has 6 heteroatoms. The summed E-state index contributed by atoms with van der Waals surface area (Å²) in [6.07, 6.45) is 2.82. The Morgan fingerprint density at radius 2 is 2.19 bits per heavy atom. The maximum atomic E-state index is 12.2. The van der Waals surface area contributed by atoms with Gasteiger partial charge in [-0.2, -0.15) is 0 Å². The SMILES string of the molecule is CCO[C@@H]1OC(C(=O)NC)=C[C@H](c2csc3ccccc23)[C@H]1CCCO. The molecule has 0 spiro atoms. The van der Waals surface area contributed by atoms with Crippen molar-refractivity contribution in [2.45, 2.75) is 32.0 Å². The Kier molecular flexibility index (Phi) is 6.29. The van der Waals surface area contributed by atoms with Crippen LogP contribution in [0.5, 0.6) is 0 Å². The van der Waals surface area contributed by atoms with Gasteiger partial charge in [-0.1, -0.05) is 18.2 Å². The first-order valence-electron chi connectivity index (χ1n) is 8.98. The van der Waals surface area contributed by atoms with Crippen molar-refractivity contribution in [2.24, 2.45) is 5.92 Å². The average molecular weight is 375 g/mol. The molecule has 1 aromatic carbocycles. The Morgan fingerprint density at radius 1 is 1.38 bits per heavy atom. The molecule has 1 aromatic heterocycles. The largest absolute Gasteiger partial charge is 0.459 e. The molecule has 5 nitrogen and oxygen atoms in total. The predicted molar refractivity (Wildman–Crippen MR) is 103 cm³/mol. The van der Waals surface area contributed by atoms with E-state index in [-0.39, 0.29) is 24.3 Å². The first-order chi connectivity index (χ1) is 12.7. The van der Waals surface area contributed by atoms with Crippen LogP contribution in [0, 0.1) is 5.92 Å². The van der Waals surface area contributed by atoms with Crippen molar-refractivity contribution in [1.29, 1.82) is 0 Å². The summed E-state index contributed by atoms with van der Waals surface area (Å²) in [4.78, 5) is 12.2. The third kappa shape index (κ3) is 3.77. The molecule has 0 bridgehead atoms. The molecular formula is C20H25NO4S. The topological polar surface area (TPSA) is 67.8 Å². The van der Waals surface area contributed by atoms with E-state index in [4.69, 9.17) is 9.47 Å². The van der Waals surface area contributed by atoms with Gasteiger partial charge in [0.25, 0.3) is 5.91 Å². The smallest absolute Gasteiger partial charge is 0.285 e. The highest BCUT2D eigenvalue weighted by atomic mass is 32.1. The minimum atomic E-state index is -0.507. The van der Waals surface area contributed by atoms with Crippen LogP contribution in [0.1, 0.15) is 31.2 Å². The second-order valence-electron chi connectivity index (χ2n) is 6.29. The minimum absolute atomic E-state index is 0.00435. The van der Waals surface area contributed by atoms with E-state index in [1.165, 1.54) is 15.6 Å². The third-order valence-electron chi connectivity index (χ3n) is 4.73. The first kappa shape index (κ1) is 18.9. The zero-order valence-electron chi connectivity index (χ0n) is 15.1. The lowest BCUT2D eigenvalue weighted by molar-refractivity contribution is -0.166. The number of carbonyl (C=O) groups is 1. The summed E-state index contributed by atoms with van der Waals surface area (Å²) in [5.41, 5.74) is 1.18. The maximum Gasteiger partial charge on any atom is 0.285 e. The fourth-order valence-electron chi connectivity index (χ4n) is 3.50. The van der Waals surface area contributed by atoms with Crippen LogP contribution in [0.3, 0.4) is 0 Å². The Balaban J connectivity index is 2.06. The van der Waals surface area contributed by atoms with Gasteiger partial charge < -0.3 is 19.9 Å². The van der Waals surface area contributed by atoms with Gasteiger partial charge in [0.15, 0.2) is 5.76 Å². The van der Waals surface area contributed by atoms with Crippen molar-refractivity contribution in [1.82, 2.24) is 5.32 Å².